The van der Waals surface area contributed by atoms with Crippen LogP contribution in [-0.4, -0.2) is 9.78 Å². The van der Waals surface area contributed by atoms with Crippen LogP contribution in [0.25, 0.3) is 0 Å². The lowest BCUT2D eigenvalue weighted by Crippen LogP contribution is -2.18. The van der Waals surface area contributed by atoms with Crippen LogP contribution in [0.15, 0.2) is 24.4 Å². The Morgan fingerprint density at radius 2 is 2.06 bits per heavy atom. The highest BCUT2D eigenvalue weighted by Gasteiger charge is 2.18. The van der Waals surface area contributed by atoms with Crippen LogP contribution < -0.4 is 5.73 Å². The predicted molar refractivity (Wildman–Crippen MR) is 65.1 cm³/mol. The summed E-state index contributed by atoms with van der Waals surface area (Å²) in [6.07, 6.45) is 1.66. The molecule has 2 rings (SSSR count). The summed E-state index contributed by atoms with van der Waals surface area (Å²) >= 11 is 0. The number of nitrogens with two attached hydrogens (primary N) is 1. The monoisotopic (exact) mass is 233 g/mol. The van der Waals surface area contributed by atoms with Gasteiger partial charge in [-0.1, -0.05) is 6.07 Å². The fourth-order valence-corrected chi connectivity index (χ4v) is 2.16. The van der Waals surface area contributed by atoms with Gasteiger partial charge in [-0.2, -0.15) is 5.10 Å². The zero-order chi connectivity index (χ0) is 12.6. The molecule has 17 heavy (non-hydrogen) atoms. The molecule has 3 nitrogen and oxygen atoms in total. The molecule has 1 atom stereocenters. The van der Waals surface area contributed by atoms with Gasteiger partial charge in [-0.25, -0.2) is 4.39 Å². The van der Waals surface area contributed by atoms with E-state index in [1.54, 1.807) is 17.9 Å². The minimum atomic E-state index is -0.483. The van der Waals surface area contributed by atoms with Crippen LogP contribution in [0.3, 0.4) is 0 Å². The van der Waals surface area contributed by atoms with E-state index < -0.39 is 6.04 Å². The fourth-order valence-electron chi connectivity index (χ4n) is 2.16. The van der Waals surface area contributed by atoms with E-state index in [-0.39, 0.29) is 5.82 Å². The molecule has 1 unspecified atom stereocenters. The van der Waals surface area contributed by atoms with Crippen LogP contribution in [0.5, 0.6) is 0 Å². The quantitative estimate of drug-likeness (QED) is 0.864. The first-order valence-electron chi connectivity index (χ1n) is 5.51. The van der Waals surface area contributed by atoms with Gasteiger partial charge >= 0.3 is 0 Å². The Kier molecular flexibility index (Phi) is 2.98. The molecule has 0 bridgehead atoms. The molecule has 0 aliphatic rings. The molecule has 0 aliphatic carbocycles. The number of hydrogen-bond acceptors (Lipinski definition) is 2. The third kappa shape index (κ3) is 2.08. The lowest BCUT2D eigenvalue weighted by atomic mass is 9.97. The largest absolute Gasteiger partial charge is 0.319 e. The Hall–Kier alpha value is -1.68. The third-order valence-corrected chi connectivity index (χ3v) is 2.97. The number of benzene rings is 1. The summed E-state index contributed by atoms with van der Waals surface area (Å²) in [4.78, 5) is 0. The van der Waals surface area contributed by atoms with Gasteiger partial charge in [0, 0.05) is 18.8 Å². The van der Waals surface area contributed by atoms with E-state index in [0.717, 1.165) is 16.8 Å². The smallest absolute Gasteiger partial charge is 0.128 e. The summed E-state index contributed by atoms with van der Waals surface area (Å²) in [6.45, 7) is 3.75. The van der Waals surface area contributed by atoms with Crippen LogP contribution >= 0.6 is 0 Å². The van der Waals surface area contributed by atoms with Crippen molar-refractivity contribution in [3.05, 3.63) is 52.6 Å². The first-order valence-corrected chi connectivity index (χ1v) is 5.51. The molecule has 0 fully saturated rings. The van der Waals surface area contributed by atoms with Gasteiger partial charge in [-0.15, -0.1) is 0 Å². The Bertz CT molecular complexity index is 522. The summed E-state index contributed by atoms with van der Waals surface area (Å²) in [5, 5.41) is 4.05. The van der Waals surface area contributed by atoms with Gasteiger partial charge in [-0.3, -0.25) is 4.68 Å². The molecular formula is C13H16FN3. The summed E-state index contributed by atoms with van der Waals surface area (Å²) in [5.41, 5.74) is 9.23. The summed E-state index contributed by atoms with van der Waals surface area (Å²) in [5.74, 6) is -0.254. The zero-order valence-corrected chi connectivity index (χ0v) is 10.2. The minimum absolute atomic E-state index is 0.254. The molecule has 0 spiro atoms. The lowest BCUT2D eigenvalue weighted by molar-refractivity contribution is 0.582. The first kappa shape index (κ1) is 11.8. The van der Waals surface area contributed by atoms with Crippen LogP contribution in [-0.2, 0) is 7.05 Å². The molecule has 4 heteroatoms. The molecule has 0 saturated heterocycles. The van der Waals surface area contributed by atoms with Crippen molar-refractivity contribution in [2.45, 2.75) is 19.9 Å². The molecule has 1 aromatic carbocycles. The van der Waals surface area contributed by atoms with Crippen molar-refractivity contribution in [1.29, 1.82) is 0 Å². The van der Waals surface area contributed by atoms with Crippen molar-refractivity contribution < 1.29 is 4.39 Å². The average molecular weight is 233 g/mol. The SMILES string of the molecule is Cc1cc(C)c(C(N)c2ccnn2C)c(F)c1. The van der Waals surface area contributed by atoms with E-state index in [1.165, 1.54) is 6.07 Å². The molecule has 90 valence electrons. The maximum absolute atomic E-state index is 14.0. The van der Waals surface area contributed by atoms with Crippen molar-refractivity contribution in [2.75, 3.05) is 0 Å². The van der Waals surface area contributed by atoms with E-state index in [0.29, 0.717) is 5.56 Å². The zero-order valence-electron chi connectivity index (χ0n) is 10.2. The molecule has 0 amide bonds. The highest BCUT2D eigenvalue weighted by Crippen LogP contribution is 2.25. The molecule has 1 aromatic heterocycles. The van der Waals surface area contributed by atoms with Crippen LogP contribution in [0, 0.1) is 19.7 Å². The maximum atomic E-state index is 14.0. The molecule has 2 N–H and O–H groups in total. The van der Waals surface area contributed by atoms with E-state index in [9.17, 15) is 4.39 Å². The van der Waals surface area contributed by atoms with Gasteiger partial charge in [-0.05, 0) is 37.1 Å². The summed E-state index contributed by atoms with van der Waals surface area (Å²) in [7, 11) is 1.80. The highest BCUT2D eigenvalue weighted by molar-refractivity contribution is 5.37. The van der Waals surface area contributed by atoms with E-state index in [2.05, 4.69) is 5.10 Å². The predicted octanol–water partition coefficient (Wildman–Crippen LogP) is 2.22. The Balaban J connectivity index is 2.51. The van der Waals surface area contributed by atoms with Crippen molar-refractivity contribution in [3.8, 4) is 0 Å². The van der Waals surface area contributed by atoms with E-state index in [1.807, 2.05) is 26.0 Å². The van der Waals surface area contributed by atoms with Crippen molar-refractivity contribution in [2.24, 2.45) is 12.8 Å². The number of rotatable bonds is 2. The van der Waals surface area contributed by atoms with Gasteiger partial charge in [0.15, 0.2) is 0 Å². The molecule has 0 radical (unpaired) electrons. The lowest BCUT2D eigenvalue weighted by Gasteiger charge is -2.16. The Morgan fingerprint density at radius 1 is 1.35 bits per heavy atom. The van der Waals surface area contributed by atoms with Gasteiger partial charge in [0.05, 0.1) is 11.7 Å². The molecule has 0 saturated carbocycles. The van der Waals surface area contributed by atoms with E-state index in [4.69, 9.17) is 5.73 Å². The van der Waals surface area contributed by atoms with Gasteiger partial charge in [0.2, 0.25) is 0 Å². The first-order chi connectivity index (χ1) is 8.00. The second-order valence-electron chi connectivity index (χ2n) is 4.33. The van der Waals surface area contributed by atoms with Gasteiger partial charge in [0.1, 0.15) is 5.82 Å². The Morgan fingerprint density at radius 3 is 2.59 bits per heavy atom. The molecule has 1 heterocycles. The van der Waals surface area contributed by atoms with E-state index >= 15 is 0 Å². The maximum Gasteiger partial charge on any atom is 0.128 e. The van der Waals surface area contributed by atoms with Crippen LogP contribution in [0.1, 0.15) is 28.4 Å². The molecule has 0 aliphatic heterocycles. The van der Waals surface area contributed by atoms with Crippen LogP contribution in [0.4, 0.5) is 4.39 Å². The van der Waals surface area contributed by atoms with Crippen molar-refractivity contribution in [1.82, 2.24) is 9.78 Å². The van der Waals surface area contributed by atoms with Gasteiger partial charge in [0.25, 0.3) is 0 Å². The van der Waals surface area contributed by atoms with Crippen LogP contribution in [0.2, 0.25) is 0 Å². The average Bonchev–Trinajstić information content (AvgIpc) is 2.62. The number of aryl methyl sites for hydroxylation is 3. The topological polar surface area (TPSA) is 43.8 Å². The second-order valence-corrected chi connectivity index (χ2v) is 4.33. The number of nitrogens with zero attached hydrogens (tertiary/aromatic N) is 2. The third-order valence-electron chi connectivity index (χ3n) is 2.97. The Labute approximate surface area is 100 Å². The second kappa shape index (κ2) is 4.30. The highest BCUT2D eigenvalue weighted by atomic mass is 19.1. The summed E-state index contributed by atoms with van der Waals surface area (Å²) in [6, 6.07) is 4.78. The number of halogens is 1. The number of hydrogen-bond donors (Lipinski definition) is 1. The standard InChI is InChI=1S/C13H16FN3/c1-8-6-9(2)12(10(14)7-8)13(15)11-4-5-16-17(11)3/h4-7,13H,15H2,1-3H3. The molecular weight excluding hydrogens is 217 g/mol. The van der Waals surface area contributed by atoms with Crippen molar-refractivity contribution in [3.63, 3.8) is 0 Å². The fraction of sp³-hybridized carbons (Fsp3) is 0.308. The normalized spacial score (nSPS) is 12.8. The number of aromatic nitrogens is 2. The summed E-state index contributed by atoms with van der Waals surface area (Å²) < 4.78 is 15.6. The van der Waals surface area contributed by atoms with Gasteiger partial charge < -0.3 is 5.73 Å². The molecule has 2 aromatic rings. The van der Waals surface area contributed by atoms with Crippen molar-refractivity contribution >= 4 is 0 Å². The minimum Gasteiger partial charge on any atom is -0.319 e.